The summed E-state index contributed by atoms with van der Waals surface area (Å²) in [6, 6.07) is 0. The molecule has 0 aromatic heterocycles. The first-order valence-corrected chi connectivity index (χ1v) is 31.8. The molecule has 1 unspecified atom stereocenters. The van der Waals surface area contributed by atoms with E-state index in [-0.39, 0.29) is 31.1 Å². The maximum atomic E-state index is 12.8. The van der Waals surface area contributed by atoms with Crippen LogP contribution in [0.25, 0.3) is 0 Å². The van der Waals surface area contributed by atoms with E-state index in [0.29, 0.717) is 19.3 Å². The fourth-order valence-corrected chi connectivity index (χ4v) is 8.39. The first-order valence-electron chi connectivity index (χ1n) is 31.8. The Morgan fingerprint density at radius 3 is 0.782 bits per heavy atom. The van der Waals surface area contributed by atoms with Gasteiger partial charge >= 0.3 is 17.9 Å². The van der Waals surface area contributed by atoms with Crippen LogP contribution in [0.2, 0.25) is 0 Å². The van der Waals surface area contributed by atoms with Gasteiger partial charge in [-0.05, 0) is 122 Å². The van der Waals surface area contributed by atoms with Gasteiger partial charge in [-0.1, -0.05) is 276 Å². The highest BCUT2D eigenvalue weighted by Crippen LogP contribution is 2.15. The van der Waals surface area contributed by atoms with Crippen LogP contribution in [0.15, 0.2) is 146 Å². The number of carbonyl (C=O) groups excluding carboxylic acids is 3. The number of hydrogen-bond acceptors (Lipinski definition) is 6. The zero-order valence-corrected chi connectivity index (χ0v) is 50.4. The lowest BCUT2D eigenvalue weighted by molar-refractivity contribution is -0.167. The van der Waals surface area contributed by atoms with Gasteiger partial charge < -0.3 is 14.2 Å². The van der Waals surface area contributed by atoms with E-state index in [0.717, 1.165) is 148 Å². The van der Waals surface area contributed by atoms with Crippen LogP contribution in [0.1, 0.15) is 271 Å². The quantitative estimate of drug-likeness (QED) is 0.0261. The molecule has 0 heterocycles. The second kappa shape index (κ2) is 64.8. The number of allylic oxidation sites excluding steroid dienone is 24. The Morgan fingerprint density at radius 1 is 0.269 bits per heavy atom. The Balaban J connectivity index is 4.14. The largest absolute Gasteiger partial charge is 0.462 e. The lowest BCUT2D eigenvalue weighted by Gasteiger charge is -2.18. The highest BCUT2D eigenvalue weighted by Gasteiger charge is 2.19. The Morgan fingerprint density at radius 2 is 0.500 bits per heavy atom. The SMILES string of the molecule is CC/C=C\C/C=C\C/C=C\C/C=C\C/C=C\C/C=C\C/C=C\C/C=C\CCCCCCCCCCC(=O)OCC(COC(=O)CCCCCCCC)OC(=O)CCCCCCCCCC/C=C\C/C=C\C/C=C\C/C=C\CC. The minimum Gasteiger partial charge on any atom is -0.462 e. The number of ether oxygens (including phenoxy) is 3. The Hall–Kier alpha value is -4.71. The molecule has 0 amide bonds. The molecule has 0 saturated heterocycles. The van der Waals surface area contributed by atoms with E-state index in [9.17, 15) is 14.4 Å². The summed E-state index contributed by atoms with van der Waals surface area (Å²) >= 11 is 0. The van der Waals surface area contributed by atoms with Crippen molar-refractivity contribution in [1.29, 1.82) is 0 Å². The molecule has 0 bridgehead atoms. The summed E-state index contributed by atoms with van der Waals surface area (Å²) < 4.78 is 16.8. The number of esters is 3. The fraction of sp³-hybridized carbons (Fsp3) is 0.625. The van der Waals surface area contributed by atoms with Crippen molar-refractivity contribution in [2.24, 2.45) is 0 Å². The van der Waals surface area contributed by atoms with Gasteiger partial charge in [-0.25, -0.2) is 0 Å². The zero-order valence-electron chi connectivity index (χ0n) is 50.4. The van der Waals surface area contributed by atoms with Crippen molar-refractivity contribution in [3.8, 4) is 0 Å². The van der Waals surface area contributed by atoms with Gasteiger partial charge in [0.1, 0.15) is 13.2 Å². The van der Waals surface area contributed by atoms with Crippen molar-refractivity contribution in [3.05, 3.63) is 146 Å². The van der Waals surface area contributed by atoms with Gasteiger partial charge in [0, 0.05) is 19.3 Å². The second-order valence-electron chi connectivity index (χ2n) is 20.6. The molecule has 0 spiro atoms. The van der Waals surface area contributed by atoms with Crippen molar-refractivity contribution in [2.45, 2.75) is 277 Å². The molecule has 0 N–H and O–H groups in total. The first-order chi connectivity index (χ1) is 38.5. The van der Waals surface area contributed by atoms with E-state index in [4.69, 9.17) is 14.2 Å². The monoisotopic (exact) mass is 1080 g/mol. The molecule has 0 fully saturated rings. The zero-order chi connectivity index (χ0) is 56.4. The fourth-order valence-electron chi connectivity index (χ4n) is 8.39. The smallest absolute Gasteiger partial charge is 0.306 e. The third-order valence-electron chi connectivity index (χ3n) is 13.1. The Labute approximate surface area is 480 Å². The van der Waals surface area contributed by atoms with Crippen LogP contribution in [0.5, 0.6) is 0 Å². The number of rotatable bonds is 56. The molecule has 0 aliphatic rings. The topological polar surface area (TPSA) is 78.9 Å². The predicted molar refractivity (Wildman–Crippen MR) is 339 cm³/mol. The van der Waals surface area contributed by atoms with Crippen LogP contribution >= 0.6 is 0 Å². The molecule has 0 saturated carbocycles. The van der Waals surface area contributed by atoms with Crippen molar-refractivity contribution in [2.75, 3.05) is 13.2 Å². The lowest BCUT2D eigenvalue weighted by atomic mass is 10.1. The summed E-state index contributed by atoms with van der Waals surface area (Å²) in [5.74, 6) is -0.916. The standard InChI is InChI=1S/C72H116O6/c1-4-7-10-13-16-18-20-22-24-26-28-30-31-32-33-34-35-36-37-38-39-40-41-43-44-46-48-50-52-54-56-59-62-65-71(74)77-68-69(67-76-70(73)64-61-58-15-12-9-6-3)78-72(75)66-63-60-57-55-53-51-49-47-45-42-29-27-25-23-21-19-17-14-11-8-5-2/h7-8,10-11,16-19,22-25,28-30,32-33,35-36,38-39,41-43,69H,4-6,9,12-15,20-21,26-27,31,34,37,40,44-68H2,1-3H3/b10-7-,11-8-,18-16-,19-17-,24-22-,25-23-,30-28-,33-32-,36-35-,39-38-,42-29-,43-41-. The van der Waals surface area contributed by atoms with E-state index in [1.807, 2.05) is 0 Å². The van der Waals surface area contributed by atoms with Gasteiger partial charge in [0.25, 0.3) is 0 Å². The van der Waals surface area contributed by atoms with Gasteiger partial charge in [0.2, 0.25) is 0 Å². The molecule has 0 aliphatic carbocycles. The van der Waals surface area contributed by atoms with Crippen LogP contribution < -0.4 is 0 Å². The molecule has 0 aliphatic heterocycles. The predicted octanol–water partition coefficient (Wildman–Crippen LogP) is 21.9. The van der Waals surface area contributed by atoms with E-state index >= 15 is 0 Å². The molecule has 0 aromatic rings. The summed E-state index contributed by atoms with van der Waals surface area (Å²) in [5.41, 5.74) is 0. The van der Waals surface area contributed by atoms with Crippen molar-refractivity contribution < 1.29 is 28.6 Å². The second-order valence-corrected chi connectivity index (χ2v) is 20.6. The number of carbonyl (C=O) groups is 3. The highest BCUT2D eigenvalue weighted by molar-refractivity contribution is 5.71. The molecule has 6 nitrogen and oxygen atoms in total. The normalized spacial score (nSPS) is 13.1. The van der Waals surface area contributed by atoms with Crippen LogP contribution in [0.4, 0.5) is 0 Å². The third kappa shape index (κ3) is 62.1. The number of unbranched alkanes of at least 4 members (excludes halogenated alkanes) is 21. The third-order valence-corrected chi connectivity index (χ3v) is 13.1. The number of hydrogen-bond donors (Lipinski definition) is 0. The maximum Gasteiger partial charge on any atom is 0.306 e. The van der Waals surface area contributed by atoms with Crippen LogP contribution in [0, 0.1) is 0 Å². The molecule has 0 aromatic carbocycles. The molecule has 78 heavy (non-hydrogen) atoms. The first kappa shape index (κ1) is 73.3. The van der Waals surface area contributed by atoms with E-state index < -0.39 is 6.10 Å². The molecular weight excluding hydrogens is 961 g/mol. The van der Waals surface area contributed by atoms with E-state index in [1.165, 1.54) is 83.5 Å². The van der Waals surface area contributed by atoms with Crippen LogP contribution in [-0.4, -0.2) is 37.2 Å². The summed E-state index contributed by atoms with van der Waals surface area (Å²) in [5, 5.41) is 0. The Kier molecular flexibility index (Phi) is 60.9. The van der Waals surface area contributed by atoms with Crippen molar-refractivity contribution >= 4 is 17.9 Å². The molecule has 0 rings (SSSR count). The molecule has 440 valence electrons. The molecule has 1 atom stereocenters. The van der Waals surface area contributed by atoms with Crippen LogP contribution in [0.3, 0.4) is 0 Å². The lowest BCUT2D eigenvalue weighted by Crippen LogP contribution is -2.30. The summed E-state index contributed by atoms with van der Waals surface area (Å²) in [6.07, 6.45) is 93.1. The van der Waals surface area contributed by atoms with Gasteiger partial charge in [-0.2, -0.15) is 0 Å². The highest BCUT2D eigenvalue weighted by atomic mass is 16.6. The average Bonchev–Trinajstić information content (AvgIpc) is 3.44. The average molecular weight is 1080 g/mol. The van der Waals surface area contributed by atoms with Gasteiger partial charge in [0.05, 0.1) is 0 Å². The summed E-state index contributed by atoms with van der Waals surface area (Å²) in [6.45, 7) is 6.34. The maximum absolute atomic E-state index is 12.8. The van der Waals surface area contributed by atoms with Crippen molar-refractivity contribution in [3.63, 3.8) is 0 Å². The minimum absolute atomic E-state index is 0.0874. The van der Waals surface area contributed by atoms with Gasteiger partial charge in [-0.15, -0.1) is 0 Å². The molecular formula is C72H116O6. The molecule has 0 radical (unpaired) electrons. The minimum atomic E-state index is -0.788. The summed E-state index contributed by atoms with van der Waals surface area (Å²) in [7, 11) is 0. The van der Waals surface area contributed by atoms with E-state index in [1.54, 1.807) is 0 Å². The van der Waals surface area contributed by atoms with Crippen LogP contribution in [-0.2, 0) is 28.6 Å². The molecule has 6 heteroatoms. The van der Waals surface area contributed by atoms with Crippen molar-refractivity contribution in [1.82, 2.24) is 0 Å². The Bertz CT molecular complexity index is 1710. The van der Waals surface area contributed by atoms with E-state index in [2.05, 4.69) is 167 Å². The van der Waals surface area contributed by atoms with Gasteiger partial charge in [0.15, 0.2) is 6.10 Å². The summed E-state index contributed by atoms with van der Waals surface area (Å²) in [4.78, 5) is 38.0. The van der Waals surface area contributed by atoms with Gasteiger partial charge in [-0.3, -0.25) is 14.4 Å².